The molecule has 0 amide bonds. The van der Waals surface area contributed by atoms with Crippen LogP contribution in [0.2, 0.25) is 0 Å². The molecular weight excluding hydrogens is 392 g/mol. The number of rotatable bonds is 7. The van der Waals surface area contributed by atoms with Crippen molar-refractivity contribution >= 4 is 5.97 Å². The highest BCUT2D eigenvalue weighted by atomic mass is 16.5. The van der Waals surface area contributed by atoms with E-state index >= 15 is 0 Å². The van der Waals surface area contributed by atoms with Crippen molar-refractivity contribution in [2.45, 2.75) is 33.2 Å². The number of esters is 1. The maximum absolute atomic E-state index is 12.4. The second-order valence-electron chi connectivity index (χ2n) is 7.28. The zero-order chi connectivity index (χ0) is 21.8. The summed E-state index contributed by atoms with van der Waals surface area (Å²) < 4.78 is 6.92. The third-order valence-electron chi connectivity index (χ3n) is 5.21. The SMILES string of the molecule is CCCn1nc(C)c(C(=O)OC)c1Cc1ccc(-c2ccccc2-c2nn[nH]n2)cc1. The highest BCUT2D eigenvalue weighted by molar-refractivity contribution is 5.92. The van der Waals surface area contributed by atoms with Crippen molar-refractivity contribution in [3.05, 3.63) is 71.0 Å². The monoisotopic (exact) mass is 416 g/mol. The molecular formula is C23H24N6O2. The smallest absolute Gasteiger partial charge is 0.341 e. The summed E-state index contributed by atoms with van der Waals surface area (Å²) in [4.78, 5) is 12.4. The summed E-state index contributed by atoms with van der Waals surface area (Å²) >= 11 is 0. The summed E-state index contributed by atoms with van der Waals surface area (Å²) in [5.41, 5.74) is 6.21. The van der Waals surface area contributed by atoms with Gasteiger partial charge >= 0.3 is 5.97 Å². The van der Waals surface area contributed by atoms with Crippen LogP contribution in [0.25, 0.3) is 22.5 Å². The highest BCUT2D eigenvalue weighted by Crippen LogP contribution is 2.30. The van der Waals surface area contributed by atoms with Gasteiger partial charge in [-0.05, 0) is 35.2 Å². The lowest BCUT2D eigenvalue weighted by Gasteiger charge is -2.10. The number of H-pyrrole nitrogens is 1. The number of carbonyl (C=O) groups excluding carboxylic acids is 1. The standard InChI is InChI=1S/C23H24N6O2/c1-4-13-29-20(21(15(2)26-29)23(30)31-3)14-16-9-11-17(12-10-16)18-7-5-6-8-19(18)22-24-27-28-25-22/h5-12H,4,13-14H2,1-3H3,(H,24,25,27,28). The number of nitrogens with one attached hydrogen (secondary N) is 1. The van der Waals surface area contributed by atoms with E-state index in [1.54, 1.807) is 0 Å². The van der Waals surface area contributed by atoms with E-state index < -0.39 is 0 Å². The molecule has 0 atom stereocenters. The first-order valence-electron chi connectivity index (χ1n) is 10.2. The van der Waals surface area contributed by atoms with Crippen LogP contribution < -0.4 is 0 Å². The van der Waals surface area contributed by atoms with E-state index in [2.05, 4.69) is 56.9 Å². The van der Waals surface area contributed by atoms with Crippen LogP contribution in [0.15, 0.2) is 48.5 Å². The number of hydrogen-bond acceptors (Lipinski definition) is 6. The number of benzene rings is 2. The second-order valence-corrected chi connectivity index (χ2v) is 7.28. The molecule has 0 unspecified atom stereocenters. The number of aromatic amines is 1. The van der Waals surface area contributed by atoms with Crippen molar-refractivity contribution < 1.29 is 9.53 Å². The Hall–Kier alpha value is -3.81. The molecule has 2 heterocycles. The number of methoxy groups -OCH3 is 1. The van der Waals surface area contributed by atoms with E-state index in [9.17, 15) is 4.79 Å². The molecule has 2 aromatic carbocycles. The molecule has 0 radical (unpaired) electrons. The van der Waals surface area contributed by atoms with Crippen LogP contribution in [-0.2, 0) is 17.7 Å². The quantitative estimate of drug-likeness (QED) is 0.460. The van der Waals surface area contributed by atoms with E-state index in [4.69, 9.17) is 4.74 Å². The predicted molar refractivity (Wildman–Crippen MR) is 116 cm³/mol. The molecule has 0 saturated carbocycles. The van der Waals surface area contributed by atoms with Gasteiger partial charge in [-0.25, -0.2) is 4.79 Å². The summed E-state index contributed by atoms with van der Waals surface area (Å²) in [5.74, 6) is 0.210. The lowest BCUT2D eigenvalue weighted by atomic mass is 9.97. The fourth-order valence-corrected chi connectivity index (χ4v) is 3.77. The molecule has 0 aliphatic carbocycles. The fraction of sp³-hybridized carbons (Fsp3) is 0.261. The van der Waals surface area contributed by atoms with Crippen LogP contribution in [0.5, 0.6) is 0 Å². The molecule has 0 fully saturated rings. The molecule has 0 bridgehead atoms. The maximum atomic E-state index is 12.4. The Bertz CT molecular complexity index is 1180. The van der Waals surface area contributed by atoms with E-state index in [-0.39, 0.29) is 5.97 Å². The maximum Gasteiger partial charge on any atom is 0.341 e. The van der Waals surface area contributed by atoms with Crippen LogP contribution in [0.1, 0.15) is 40.7 Å². The molecule has 0 saturated heterocycles. The van der Waals surface area contributed by atoms with Crippen molar-refractivity contribution in [1.82, 2.24) is 30.4 Å². The zero-order valence-corrected chi connectivity index (χ0v) is 17.8. The van der Waals surface area contributed by atoms with Crippen molar-refractivity contribution in [3.63, 3.8) is 0 Å². The average molecular weight is 416 g/mol. The zero-order valence-electron chi connectivity index (χ0n) is 17.8. The summed E-state index contributed by atoms with van der Waals surface area (Å²) in [6.07, 6.45) is 1.53. The molecule has 0 aliphatic rings. The molecule has 8 heteroatoms. The molecule has 31 heavy (non-hydrogen) atoms. The van der Waals surface area contributed by atoms with Crippen LogP contribution in [0, 0.1) is 6.92 Å². The van der Waals surface area contributed by atoms with Gasteiger partial charge in [0.15, 0.2) is 0 Å². The number of aryl methyl sites for hydroxylation is 2. The minimum atomic E-state index is -0.347. The molecule has 4 rings (SSSR count). The first kappa shape index (κ1) is 20.5. The van der Waals surface area contributed by atoms with Crippen LogP contribution in [-0.4, -0.2) is 43.5 Å². The minimum Gasteiger partial charge on any atom is -0.465 e. The van der Waals surface area contributed by atoms with E-state index in [0.29, 0.717) is 23.5 Å². The Labute approximate surface area is 180 Å². The van der Waals surface area contributed by atoms with Gasteiger partial charge in [-0.3, -0.25) is 4.68 Å². The molecule has 0 spiro atoms. The number of hydrogen-bond donors (Lipinski definition) is 1. The topological polar surface area (TPSA) is 98.6 Å². The Morgan fingerprint density at radius 2 is 1.84 bits per heavy atom. The van der Waals surface area contributed by atoms with Crippen LogP contribution >= 0.6 is 0 Å². The van der Waals surface area contributed by atoms with E-state index in [0.717, 1.165) is 40.9 Å². The highest BCUT2D eigenvalue weighted by Gasteiger charge is 2.22. The normalized spacial score (nSPS) is 10.9. The molecule has 4 aromatic rings. The van der Waals surface area contributed by atoms with Gasteiger partial charge < -0.3 is 4.74 Å². The predicted octanol–water partition coefficient (Wildman–Crippen LogP) is 3.83. The van der Waals surface area contributed by atoms with E-state index in [1.807, 2.05) is 35.9 Å². The average Bonchev–Trinajstić information content (AvgIpc) is 3.43. The van der Waals surface area contributed by atoms with Gasteiger partial charge in [-0.15, -0.1) is 10.2 Å². The Balaban J connectivity index is 1.66. The van der Waals surface area contributed by atoms with Crippen LogP contribution in [0.4, 0.5) is 0 Å². The third kappa shape index (κ3) is 4.09. The molecule has 158 valence electrons. The summed E-state index contributed by atoms with van der Waals surface area (Å²) in [5, 5.41) is 19.0. The van der Waals surface area contributed by atoms with Gasteiger partial charge in [0.2, 0.25) is 5.82 Å². The van der Waals surface area contributed by atoms with E-state index in [1.165, 1.54) is 7.11 Å². The molecule has 8 nitrogen and oxygen atoms in total. The Kier molecular flexibility index (Phi) is 5.88. The number of nitrogens with zero attached hydrogens (tertiary/aromatic N) is 5. The number of ether oxygens (including phenoxy) is 1. The summed E-state index contributed by atoms with van der Waals surface area (Å²) in [6.45, 7) is 4.69. The summed E-state index contributed by atoms with van der Waals surface area (Å²) in [6, 6.07) is 16.2. The fourth-order valence-electron chi connectivity index (χ4n) is 3.77. The molecule has 1 N–H and O–H groups in total. The lowest BCUT2D eigenvalue weighted by molar-refractivity contribution is 0.0598. The molecule has 2 aromatic heterocycles. The number of carbonyl (C=O) groups is 1. The van der Waals surface area contributed by atoms with Crippen molar-refractivity contribution in [3.8, 4) is 22.5 Å². The number of aromatic nitrogens is 6. The minimum absolute atomic E-state index is 0.347. The second kappa shape index (κ2) is 8.91. The largest absolute Gasteiger partial charge is 0.465 e. The van der Waals surface area contributed by atoms with Gasteiger partial charge in [-0.1, -0.05) is 55.5 Å². The van der Waals surface area contributed by atoms with Gasteiger partial charge in [0.25, 0.3) is 0 Å². The molecule has 0 aliphatic heterocycles. The lowest BCUT2D eigenvalue weighted by Crippen LogP contribution is -2.10. The van der Waals surface area contributed by atoms with Gasteiger partial charge in [0.05, 0.1) is 18.5 Å². The first-order valence-corrected chi connectivity index (χ1v) is 10.2. The van der Waals surface area contributed by atoms with Gasteiger partial charge in [0, 0.05) is 18.5 Å². The van der Waals surface area contributed by atoms with Crippen LogP contribution in [0.3, 0.4) is 0 Å². The van der Waals surface area contributed by atoms with Gasteiger partial charge in [-0.2, -0.15) is 10.3 Å². The Morgan fingerprint density at radius 3 is 2.48 bits per heavy atom. The van der Waals surface area contributed by atoms with Crippen molar-refractivity contribution in [2.24, 2.45) is 0 Å². The summed E-state index contributed by atoms with van der Waals surface area (Å²) in [7, 11) is 1.40. The van der Waals surface area contributed by atoms with Crippen molar-refractivity contribution in [2.75, 3.05) is 7.11 Å². The van der Waals surface area contributed by atoms with Crippen molar-refractivity contribution in [1.29, 1.82) is 0 Å². The Morgan fingerprint density at radius 1 is 1.10 bits per heavy atom. The first-order chi connectivity index (χ1) is 15.1. The third-order valence-corrected chi connectivity index (χ3v) is 5.21. The van der Waals surface area contributed by atoms with Gasteiger partial charge in [0.1, 0.15) is 5.56 Å². The number of tetrazole rings is 1.